The molecule has 112 valence electrons. The van der Waals surface area contributed by atoms with Gasteiger partial charge in [0.05, 0.1) is 13.2 Å². The summed E-state index contributed by atoms with van der Waals surface area (Å²) >= 11 is 6.21. The summed E-state index contributed by atoms with van der Waals surface area (Å²) in [7, 11) is 0. The van der Waals surface area contributed by atoms with Crippen molar-refractivity contribution >= 4 is 17.3 Å². The SMILES string of the molecule is CCOc1ccc(NC(C)c2ccccc2Cl)cc1CO. The van der Waals surface area contributed by atoms with E-state index in [9.17, 15) is 5.11 Å². The monoisotopic (exact) mass is 305 g/mol. The minimum absolute atomic E-state index is 0.0503. The Balaban J connectivity index is 2.18. The van der Waals surface area contributed by atoms with Gasteiger partial charge in [-0.1, -0.05) is 29.8 Å². The molecule has 0 saturated carbocycles. The second kappa shape index (κ2) is 7.34. The molecule has 2 N–H and O–H groups in total. The van der Waals surface area contributed by atoms with Crippen LogP contribution in [0.1, 0.15) is 31.0 Å². The van der Waals surface area contributed by atoms with Crippen molar-refractivity contribution in [1.29, 1.82) is 0 Å². The first kappa shape index (κ1) is 15.7. The third-order valence-electron chi connectivity index (χ3n) is 3.29. The Morgan fingerprint density at radius 2 is 2.00 bits per heavy atom. The number of anilines is 1. The number of hydrogen-bond donors (Lipinski definition) is 2. The van der Waals surface area contributed by atoms with Gasteiger partial charge in [-0.2, -0.15) is 0 Å². The fraction of sp³-hybridized carbons (Fsp3) is 0.294. The van der Waals surface area contributed by atoms with E-state index in [4.69, 9.17) is 16.3 Å². The summed E-state index contributed by atoms with van der Waals surface area (Å²) in [4.78, 5) is 0. The topological polar surface area (TPSA) is 41.5 Å². The molecule has 0 heterocycles. The lowest BCUT2D eigenvalue weighted by Crippen LogP contribution is -2.08. The predicted octanol–water partition coefficient (Wildman–Crippen LogP) is 4.40. The Morgan fingerprint density at radius 1 is 1.24 bits per heavy atom. The molecule has 2 rings (SSSR count). The van der Waals surface area contributed by atoms with Gasteiger partial charge in [-0.25, -0.2) is 0 Å². The van der Waals surface area contributed by atoms with Gasteiger partial charge < -0.3 is 15.2 Å². The van der Waals surface area contributed by atoms with E-state index < -0.39 is 0 Å². The number of benzene rings is 2. The third-order valence-corrected chi connectivity index (χ3v) is 3.63. The normalized spacial score (nSPS) is 12.0. The van der Waals surface area contributed by atoms with Crippen LogP contribution in [0.5, 0.6) is 5.75 Å². The van der Waals surface area contributed by atoms with Crippen molar-refractivity contribution in [2.24, 2.45) is 0 Å². The van der Waals surface area contributed by atoms with Gasteiger partial charge in [0.1, 0.15) is 5.75 Å². The van der Waals surface area contributed by atoms with Crippen LogP contribution in [0.25, 0.3) is 0 Å². The van der Waals surface area contributed by atoms with E-state index in [1.807, 2.05) is 49.4 Å². The van der Waals surface area contributed by atoms with Gasteiger partial charge in [0.2, 0.25) is 0 Å². The van der Waals surface area contributed by atoms with E-state index in [0.29, 0.717) is 6.61 Å². The highest BCUT2D eigenvalue weighted by Crippen LogP contribution is 2.28. The van der Waals surface area contributed by atoms with Gasteiger partial charge >= 0.3 is 0 Å². The summed E-state index contributed by atoms with van der Waals surface area (Å²) in [6.45, 7) is 4.50. The molecule has 0 aliphatic heterocycles. The smallest absolute Gasteiger partial charge is 0.124 e. The molecule has 0 aromatic heterocycles. The van der Waals surface area contributed by atoms with Crippen LogP contribution < -0.4 is 10.1 Å². The lowest BCUT2D eigenvalue weighted by molar-refractivity contribution is 0.267. The van der Waals surface area contributed by atoms with E-state index in [0.717, 1.165) is 27.6 Å². The van der Waals surface area contributed by atoms with Crippen LogP contribution in [0.2, 0.25) is 5.02 Å². The van der Waals surface area contributed by atoms with E-state index in [1.165, 1.54) is 0 Å². The van der Waals surface area contributed by atoms with Crippen LogP contribution in [-0.4, -0.2) is 11.7 Å². The second-order valence-electron chi connectivity index (χ2n) is 4.80. The molecule has 21 heavy (non-hydrogen) atoms. The number of nitrogens with one attached hydrogen (secondary N) is 1. The number of rotatable bonds is 6. The summed E-state index contributed by atoms with van der Waals surface area (Å²) in [6.07, 6.45) is 0. The van der Waals surface area contributed by atoms with Crippen molar-refractivity contribution in [3.8, 4) is 5.75 Å². The number of aliphatic hydroxyl groups excluding tert-OH is 1. The molecule has 4 heteroatoms. The number of aliphatic hydroxyl groups is 1. The standard InChI is InChI=1S/C17H20ClNO2/c1-3-21-17-9-8-14(10-13(17)11-20)19-12(2)15-6-4-5-7-16(15)18/h4-10,12,19-20H,3,11H2,1-2H3. The zero-order chi connectivity index (χ0) is 15.2. The average Bonchev–Trinajstić information content (AvgIpc) is 2.49. The van der Waals surface area contributed by atoms with Gasteiger partial charge in [-0.15, -0.1) is 0 Å². The highest BCUT2D eigenvalue weighted by Gasteiger charge is 2.10. The minimum Gasteiger partial charge on any atom is -0.494 e. The van der Waals surface area contributed by atoms with Crippen LogP contribution in [0.3, 0.4) is 0 Å². The van der Waals surface area contributed by atoms with Crippen molar-refractivity contribution in [1.82, 2.24) is 0 Å². The maximum absolute atomic E-state index is 9.44. The summed E-state index contributed by atoms with van der Waals surface area (Å²) in [6, 6.07) is 13.6. The first-order valence-corrected chi connectivity index (χ1v) is 7.41. The zero-order valence-electron chi connectivity index (χ0n) is 12.3. The molecule has 1 unspecified atom stereocenters. The molecule has 0 radical (unpaired) electrons. The summed E-state index contributed by atoms with van der Waals surface area (Å²) in [5.41, 5.74) is 2.74. The first-order chi connectivity index (χ1) is 10.2. The molecule has 3 nitrogen and oxygen atoms in total. The van der Waals surface area contributed by atoms with Crippen molar-refractivity contribution < 1.29 is 9.84 Å². The Hall–Kier alpha value is -1.71. The molecule has 0 aliphatic rings. The first-order valence-electron chi connectivity index (χ1n) is 7.03. The maximum atomic E-state index is 9.44. The Labute approximate surface area is 130 Å². The van der Waals surface area contributed by atoms with E-state index in [2.05, 4.69) is 12.2 Å². The lowest BCUT2D eigenvalue weighted by Gasteiger charge is -2.18. The molecular formula is C17H20ClNO2. The number of halogens is 1. The van der Waals surface area contributed by atoms with Crippen molar-refractivity contribution in [2.45, 2.75) is 26.5 Å². The predicted molar refractivity (Wildman–Crippen MR) is 87.0 cm³/mol. The van der Waals surface area contributed by atoms with Gasteiger partial charge in [0, 0.05) is 22.3 Å². The molecule has 0 bridgehead atoms. The van der Waals surface area contributed by atoms with Crippen molar-refractivity contribution in [3.05, 3.63) is 58.6 Å². The molecule has 1 atom stereocenters. The fourth-order valence-corrected chi connectivity index (χ4v) is 2.54. The van der Waals surface area contributed by atoms with Gasteiger partial charge in [-0.05, 0) is 43.7 Å². The summed E-state index contributed by atoms with van der Waals surface area (Å²) in [5.74, 6) is 0.718. The molecule has 0 fully saturated rings. The van der Waals surface area contributed by atoms with Crippen LogP contribution >= 0.6 is 11.6 Å². The van der Waals surface area contributed by atoms with Crippen molar-refractivity contribution in [3.63, 3.8) is 0 Å². The molecular weight excluding hydrogens is 286 g/mol. The van der Waals surface area contributed by atoms with Gasteiger partial charge in [0.25, 0.3) is 0 Å². The molecule has 0 spiro atoms. The van der Waals surface area contributed by atoms with Crippen LogP contribution in [0, 0.1) is 0 Å². The quantitative estimate of drug-likeness (QED) is 0.831. The summed E-state index contributed by atoms with van der Waals surface area (Å²) in [5, 5.41) is 13.6. The molecule has 0 aliphatic carbocycles. The molecule has 0 amide bonds. The fourth-order valence-electron chi connectivity index (χ4n) is 2.24. The average molecular weight is 306 g/mol. The van der Waals surface area contributed by atoms with Crippen LogP contribution in [0.15, 0.2) is 42.5 Å². The highest BCUT2D eigenvalue weighted by molar-refractivity contribution is 6.31. The lowest BCUT2D eigenvalue weighted by atomic mass is 10.1. The largest absolute Gasteiger partial charge is 0.494 e. The van der Waals surface area contributed by atoms with E-state index >= 15 is 0 Å². The molecule has 2 aromatic carbocycles. The molecule has 2 aromatic rings. The highest BCUT2D eigenvalue weighted by atomic mass is 35.5. The van der Waals surface area contributed by atoms with Gasteiger partial charge in [0.15, 0.2) is 0 Å². The second-order valence-corrected chi connectivity index (χ2v) is 5.21. The van der Waals surface area contributed by atoms with E-state index in [-0.39, 0.29) is 12.6 Å². The Kier molecular flexibility index (Phi) is 5.48. The Bertz CT molecular complexity index is 601. The maximum Gasteiger partial charge on any atom is 0.124 e. The van der Waals surface area contributed by atoms with Crippen molar-refractivity contribution in [2.75, 3.05) is 11.9 Å². The van der Waals surface area contributed by atoms with Crippen LogP contribution in [-0.2, 0) is 6.61 Å². The summed E-state index contributed by atoms with van der Waals surface area (Å²) < 4.78 is 5.48. The van der Waals surface area contributed by atoms with Gasteiger partial charge in [-0.3, -0.25) is 0 Å². The number of hydrogen-bond acceptors (Lipinski definition) is 3. The Morgan fingerprint density at radius 3 is 2.67 bits per heavy atom. The minimum atomic E-state index is -0.0503. The zero-order valence-corrected chi connectivity index (χ0v) is 13.0. The van der Waals surface area contributed by atoms with E-state index in [1.54, 1.807) is 0 Å². The van der Waals surface area contributed by atoms with Crippen LogP contribution in [0.4, 0.5) is 5.69 Å². The number of ether oxygens (including phenoxy) is 1. The third kappa shape index (κ3) is 3.90. The molecule has 0 saturated heterocycles.